The summed E-state index contributed by atoms with van der Waals surface area (Å²) in [6.07, 6.45) is 1.02. The fourth-order valence-corrected chi connectivity index (χ4v) is 1.23. The third-order valence-electron chi connectivity index (χ3n) is 1.04. The van der Waals surface area contributed by atoms with Crippen LogP contribution in [0.15, 0.2) is 11.6 Å². The molecule has 60 valence electrons. The van der Waals surface area contributed by atoms with E-state index in [0.717, 1.165) is 0 Å². The number of rotatable bonds is 3. The van der Waals surface area contributed by atoms with E-state index in [0.29, 0.717) is 5.01 Å². The molecule has 1 atom stereocenters. The predicted molar refractivity (Wildman–Crippen MR) is 38.6 cm³/mol. The highest BCUT2D eigenvalue weighted by atomic mass is 32.1. The molecule has 6 heteroatoms. The number of hydrogen-bond donors (Lipinski definition) is 0. The topological polar surface area (TPSA) is 65.3 Å². The Balaban J connectivity index is 2.56. The minimum absolute atomic E-state index is 0.565. The first-order valence-corrected chi connectivity index (χ1v) is 3.78. The number of hydrogen-bond acceptors (Lipinski definition) is 5. The Morgan fingerprint density at radius 2 is 2.64 bits per heavy atom. The van der Waals surface area contributed by atoms with E-state index in [-0.39, 0.29) is 0 Å². The van der Waals surface area contributed by atoms with Crippen LogP contribution in [0.2, 0.25) is 0 Å². The fraction of sp³-hybridized carbons (Fsp3) is 0.400. The summed E-state index contributed by atoms with van der Waals surface area (Å²) in [5, 5.41) is 11.4. The molecular weight excluding hydrogens is 168 g/mol. The van der Waals surface area contributed by atoms with E-state index in [4.69, 9.17) is 0 Å². The van der Waals surface area contributed by atoms with Crippen molar-refractivity contribution in [3.8, 4) is 0 Å². The van der Waals surface area contributed by atoms with Gasteiger partial charge in [-0.1, -0.05) is 0 Å². The van der Waals surface area contributed by atoms with Crippen molar-refractivity contribution in [3.05, 3.63) is 26.7 Å². The van der Waals surface area contributed by atoms with Gasteiger partial charge < -0.3 is 4.84 Å². The van der Waals surface area contributed by atoms with Gasteiger partial charge in [-0.05, 0) is 6.92 Å². The molecule has 1 heterocycles. The third-order valence-corrected chi connectivity index (χ3v) is 1.98. The van der Waals surface area contributed by atoms with Crippen LogP contribution in [-0.2, 0) is 4.84 Å². The summed E-state index contributed by atoms with van der Waals surface area (Å²) in [6.45, 7) is 1.58. The molecule has 0 amide bonds. The SMILES string of the molecule is CC(O[N+](=O)[O-])c1nccs1. The monoisotopic (exact) mass is 174 g/mol. The molecule has 0 aromatic carbocycles. The van der Waals surface area contributed by atoms with Crippen LogP contribution >= 0.6 is 11.3 Å². The van der Waals surface area contributed by atoms with Gasteiger partial charge in [0.1, 0.15) is 5.01 Å². The third kappa shape index (κ3) is 2.15. The van der Waals surface area contributed by atoms with Gasteiger partial charge in [0.2, 0.25) is 0 Å². The van der Waals surface area contributed by atoms with Gasteiger partial charge in [0.05, 0.1) is 0 Å². The molecule has 0 radical (unpaired) electrons. The van der Waals surface area contributed by atoms with Crippen molar-refractivity contribution in [2.24, 2.45) is 0 Å². The Bertz CT molecular complexity index is 236. The molecular formula is C5H6N2O3S. The van der Waals surface area contributed by atoms with Gasteiger partial charge in [0.15, 0.2) is 6.10 Å². The summed E-state index contributed by atoms with van der Waals surface area (Å²) in [5.41, 5.74) is 0. The Labute approximate surface area is 66.7 Å². The molecule has 1 aromatic heterocycles. The number of nitrogens with zero attached hydrogens (tertiary/aromatic N) is 2. The van der Waals surface area contributed by atoms with Crippen molar-refractivity contribution < 1.29 is 9.92 Å². The van der Waals surface area contributed by atoms with Crippen LogP contribution in [0.1, 0.15) is 18.0 Å². The second kappa shape index (κ2) is 3.29. The maximum absolute atomic E-state index is 9.87. The molecule has 0 saturated heterocycles. The zero-order valence-corrected chi connectivity index (χ0v) is 6.58. The van der Waals surface area contributed by atoms with Crippen LogP contribution in [0.25, 0.3) is 0 Å². The summed E-state index contributed by atoms with van der Waals surface area (Å²) in [4.78, 5) is 18.0. The maximum atomic E-state index is 9.87. The Morgan fingerprint density at radius 3 is 3.09 bits per heavy atom. The van der Waals surface area contributed by atoms with Crippen LogP contribution in [0.3, 0.4) is 0 Å². The molecule has 1 aromatic rings. The van der Waals surface area contributed by atoms with Crippen molar-refractivity contribution in [1.29, 1.82) is 0 Å². The molecule has 0 saturated carbocycles. The average molecular weight is 174 g/mol. The lowest BCUT2D eigenvalue weighted by molar-refractivity contribution is -0.770. The summed E-state index contributed by atoms with van der Waals surface area (Å²) in [5.74, 6) is 0. The lowest BCUT2D eigenvalue weighted by Crippen LogP contribution is -2.05. The first kappa shape index (κ1) is 7.93. The molecule has 0 N–H and O–H groups in total. The van der Waals surface area contributed by atoms with Crippen molar-refractivity contribution >= 4 is 11.3 Å². The Hall–Kier alpha value is -1.17. The second-order valence-corrected chi connectivity index (χ2v) is 2.77. The molecule has 0 bridgehead atoms. The van der Waals surface area contributed by atoms with Crippen LogP contribution in [0.5, 0.6) is 0 Å². The first-order valence-electron chi connectivity index (χ1n) is 2.90. The zero-order chi connectivity index (χ0) is 8.27. The Morgan fingerprint density at radius 1 is 1.91 bits per heavy atom. The highest BCUT2D eigenvalue weighted by molar-refractivity contribution is 7.09. The van der Waals surface area contributed by atoms with E-state index >= 15 is 0 Å². The average Bonchev–Trinajstić information content (AvgIpc) is 2.35. The smallest absolute Gasteiger partial charge is 0.295 e. The van der Waals surface area contributed by atoms with E-state index in [2.05, 4.69) is 9.82 Å². The molecule has 11 heavy (non-hydrogen) atoms. The molecule has 0 aliphatic carbocycles. The van der Waals surface area contributed by atoms with Gasteiger partial charge in [-0.15, -0.1) is 21.5 Å². The summed E-state index contributed by atoms with van der Waals surface area (Å²) < 4.78 is 0. The van der Waals surface area contributed by atoms with E-state index in [9.17, 15) is 10.1 Å². The van der Waals surface area contributed by atoms with Crippen LogP contribution in [0, 0.1) is 10.1 Å². The molecule has 0 aliphatic rings. The van der Waals surface area contributed by atoms with Gasteiger partial charge >= 0.3 is 0 Å². The van der Waals surface area contributed by atoms with E-state index in [1.54, 1.807) is 18.5 Å². The lowest BCUT2D eigenvalue weighted by Gasteiger charge is -2.03. The van der Waals surface area contributed by atoms with E-state index in [1.807, 2.05) is 0 Å². The van der Waals surface area contributed by atoms with Gasteiger partial charge in [-0.3, -0.25) is 0 Å². The molecule has 0 fully saturated rings. The molecule has 0 aliphatic heterocycles. The quantitative estimate of drug-likeness (QED) is 0.513. The molecule has 0 spiro atoms. The van der Waals surface area contributed by atoms with Crippen molar-refractivity contribution in [1.82, 2.24) is 4.98 Å². The van der Waals surface area contributed by atoms with E-state index < -0.39 is 11.2 Å². The van der Waals surface area contributed by atoms with Crippen LogP contribution in [-0.4, -0.2) is 10.1 Å². The van der Waals surface area contributed by atoms with E-state index in [1.165, 1.54) is 11.3 Å². The predicted octanol–water partition coefficient (Wildman–Crippen LogP) is 1.41. The number of thiazole rings is 1. The standard InChI is InChI=1S/C5H6N2O3S/c1-4(10-7(8)9)5-6-2-3-11-5/h2-4H,1H3. The summed E-state index contributed by atoms with van der Waals surface area (Å²) >= 11 is 1.33. The van der Waals surface area contributed by atoms with Gasteiger partial charge in [0.25, 0.3) is 5.09 Å². The molecule has 5 nitrogen and oxygen atoms in total. The maximum Gasteiger partial charge on any atom is 0.295 e. The fourth-order valence-electron chi connectivity index (χ4n) is 0.609. The van der Waals surface area contributed by atoms with Crippen molar-refractivity contribution in [2.75, 3.05) is 0 Å². The first-order chi connectivity index (χ1) is 5.20. The normalized spacial score (nSPS) is 12.5. The minimum Gasteiger partial charge on any atom is -0.304 e. The zero-order valence-electron chi connectivity index (χ0n) is 5.76. The van der Waals surface area contributed by atoms with Crippen LogP contribution in [0.4, 0.5) is 0 Å². The minimum atomic E-state index is -0.813. The van der Waals surface area contributed by atoms with Crippen LogP contribution < -0.4 is 0 Å². The summed E-state index contributed by atoms with van der Waals surface area (Å²) in [7, 11) is 0. The highest BCUT2D eigenvalue weighted by Crippen LogP contribution is 2.18. The largest absolute Gasteiger partial charge is 0.304 e. The second-order valence-electron chi connectivity index (χ2n) is 1.84. The van der Waals surface area contributed by atoms with Crippen molar-refractivity contribution in [3.63, 3.8) is 0 Å². The Kier molecular flexibility index (Phi) is 2.37. The number of aromatic nitrogens is 1. The highest BCUT2D eigenvalue weighted by Gasteiger charge is 2.11. The molecule has 1 unspecified atom stereocenters. The van der Waals surface area contributed by atoms with Crippen molar-refractivity contribution in [2.45, 2.75) is 13.0 Å². The molecule has 1 rings (SSSR count). The van der Waals surface area contributed by atoms with Gasteiger partial charge in [-0.2, -0.15) is 0 Å². The summed E-state index contributed by atoms with van der Waals surface area (Å²) in [6, 6.07) is 0. The van der Waals surface area contributed by atoms with Gasteiger partial charge in [0, 0.05) is 11.6 Å². The van der Waals surface area contributed by atoms with Gasteiger partial charge in [-0.25, -0.2) is 4.98 Å². The lowest BCUT2D eigenvalue weighted by atomic mass is 10.4.